The van der Waals surface area contributed by atoms with Gasteiger partial charge in [0.2, 0.25) is 0 Å². The fraction of sp³-hybridized carbons (Fsp3) is 0.846. The molecule has 0 aliphatic carbocycles. The molecule has 0 aromatic carbocycles. The topological polar surface area (TPSA) is 68.0 Å². The monoisotopic (exact) mass is 258 g/mol. The lowest BCUT2D eigenvalue weighted by Crippen LogP contribution is -2.36. The molecule has 106 valence electrons. The molecule has 5 nitrogen and oxygen atoms in total. The highest BCUT2D eigenvalue weighted by Crippen LogP contribution is 2.09. The van der Waals surface area contributed by atoms with E-state index in [-0.39, 0.29) is 6.10 Å². The molecule has 0 aromatic heterocycles. The third-order valence-corrected chi connectivity index (χ3v) is 3.04. The number of ether oxygens (including phenoxy) is 2. The SMILES string of the molecule is CCC(OCCN)C(O)=CCCN1CCOCC1. The van der Waals surface area contributed by atoms with Gasteiger partial charge in [-0.25, -0.2) is 0 Å². The van der Waals surface area contributed by atoms with Gasteiger partial charge in [-0.2, -0.15) is 0 Å². The maximum absolute atomic E-state index is 9.92. The fourth-order valence-corrected chi connectivity index (χ4v) is 1.97. The van der Waals surface area contributed by atoms with Gasteiger partial charge in [-0.3, -0.25) is 4.90 Å². The molecule has 0 aromatic rings. The summed E-state index contributed by atoms with van der Waals surface area (Å²) in [7, 11) is 0. The molecule has 18 heavy (non-hydrogen) atoms. The van der Waals surface area contributed by atoms with Crippen molar-refractivity contribution < 1.29 is 14.6 Å². The number of nitrogens with zero attached hydrogens (tertiary/aromatic N) is 1. The minimum absolute atomic E-state index is 0.210. The summed E-state index contributed by atoms with van der Waals surface area (Å²) in [5.41, 5.74) is 5.38. The van der Waals surface area contributed by atoms with E-state index in [1.165, 1.54) is 0 Å². The molecule has 1 fully saturated rings. The summed E-state index contributed by atoms with van der Waals surface area (Å²) in [5, 5.41) is 9.92. The third kappa shape index (κ3) is 5.82. The Morgan fingerprint density at radius 3 is 2.83 bits per heavy atom. The van der Waals surface area contributed by atoms with Gasteiger partial charge in [0, 0.05) is 26.2 Å². The first-order valence-corrected chi connectivity index (χ1v) is 6.78. The van der Waals surface area contributed by atoms with Gasteiger partial charge in [0.15, 0.2) is 0 Å². The van der Waals surface area contributed by atoms with Crippen molar-refractivity contribution in [3.05, 3.63) is 11.8 Å². The molecule has 1 unspecified atom stereocenters. The Kier molecular flexibility index (Phi) is 8.00. The van der Waals surface area contributed by atoms with Gasteiger partial charge >= 0.3 is 0 Å². The van der Waals surface area contributed by atoms with E-state index in [4.69, 9.17) is 15.2 Å². The number of hydrogen-bond donors (Lipinski definition) is 2. The molecule has 5 heteroatoms. The molecule has 1 rings (SSSR count). The van der Waals surface area contributed by atoms with Crippen LogP contribution in [0.2, 0.25) is 0 Å². The van der Waals surface area contributed by atoms with Crippen molar-refractivity contribution in [3.63, 3.8) is 0 Å². The Labute approximate surface area is 110 Å². The summed E-state index contributed by atoms with van der Waals surface area (Å²) in [6.07, 6.45) is 3.26. The van der Waals surface area contributed by atoms with Gasteiger partial charge in [0.1, 0.15) is 11.9 Å². The quantitative estimate of drug-likeness (QED) is 0.633. The Morgan fingerprint density at radius 2 is 2.22 bits per heavy atom. The Hall–Kier alpha value is -0.620. The molecule has 0 spiro atoms. The van der Waals surface area contributed by atoms with E-state index in [2.05, 4.69) is 4.90 Å². The molecule has 1 aliphatic rings. The van der Waals surface area contributed by atoms with Crippen LogP contribution in [-0.4, -0.2) is 62.1 Å². The molecule has 3 N–H and O–H groups in total. The zero-order valence-corrected chi connectivity index (χ0v) is 11.3. The zero-order valence-electron chi connectivity index (χ0n) is 11.3. The maximum atomic E-state index is 9.92. The Bertz CT molecular complexity index is 240. The molecule has 1 heterocycles. The van der Waals surface area contributed by atoms with Gasteiger partial charge in [-0.15, -0.1) is 0 Å². The van der Waals surface area contributed by atoms with E-state index in [1.54, 1.807) is 0 Å². The van der Waals surface area contributed by atoms with Crippen LogP contribution in [-0.2, 0) is 9.47 Å². The number of aliphatic hydroxyl groups excluding tert-OH is 1. The highest BCUT2D eigenvalue weighted by Gasteiger charge is 2.12. The number of rotatable bonds is 8. The summed E-state index contributed by atoms with van der Waals surface area (Å²) < 4.78 is 10.8. The van der Waals surface area contributed by atoms with E-state index in [0.717, 1.165) is 45.7 Å². The maximum Gasteiger partial charge on any atom is 0.117 e. The largest absolute Gasteiger partial charge is 0.510 e. The lowest BCUT2D eigenvalue weighted by Gasteiger charge is -2.26. The lowest BCUT2D eigenvalue weighted by molar-refractivity contribution is 0.0378. The standard InChI is InChI=1S/C13H26N2O3/c1-2-13(18-9-5-14)12(16)4-3-6-15-7-10-17-11-8-15/h4,13,16H,2-3,5-11,14H2,1H3. The zero-order chi connectivity index (χ0) is 13.2. The van der Waals surface area contributed by atoms with Gasteiger partial charge in [0.05, 0.1) is 19.8 Å². The predicted octanol–water partition coefficient (Wildman–Crippen LogP) is 0.905. The van der Waals surface area contributed by atoms with Crippen molar-refractivity contribution in [3.8, 4) is 0 Å². The van der Waals surface area contributed by atoms with E-state index < -0.39 is 0 Å². The van der Waals surface area contributed by atoms with Gasteiger partial charge in [0.25, 0.3) is 0 Å². The summed E-state index contributed by atoms with van der Waals surface area (Å²) >= 11 is 0. The molecule has 0 radical (unpaired) electrons. The first-order valence-electron chi connectivity index (χ1n) is 6.78. The number of nitrogens with two attached hydrogens (primary N) is 1. The Morgan fingerprint density at radius 1 is 1.50 bits per heavy atom. The highest BCUT2D eigenvalue weighted by molar-refractivity contribution is 4.98. The van der Waals surface area contributed by atoms with Gasteiger partial charge in [-0.1, -0.05) is 6.92 Å². The minimum Gasteiger partial charge on any atom is -0.510 e. The van der Waals surface area contributed by atoms with E-state index in [9.17, 15) is 5.11 Å². The van der Waals surface area contributed by atoms with Crippen LogP contribution < -0.4 is 5.73 Å². The summed E-state index contributed by atoms with van der Waals surface area (Å²) in [6, 6.07) is 0. The van der Waals surface area contributed by atoms with Gasteiger partial charge < -0.3 is 20.3 Å². The average Bonchev–Trinajstić information content (AvgIpc) is 2.41. The van der Waals surface area contributed by atoms with E-state index in [1.807, 2.05) is 13.0 Å². The second-order valence-corrected chi connectivity index (χ2v) is 4.43. The molecule has 1 aliphatic heterocycles. The lowest BCUT2D eigenvalue weighted by atomic mass is 10.2. The van der Waals surface area contributed by atoms with Crippen molar-refractivity contribution >= 4 is 0 Å². The average molecular weight is 258 g/mol. The van der Waals surface area contributed by atoms with E-state index >= 15 is 0 Å². The van der Waals surface area contributed by atoms with Crippen LogP contribution in [0.1, 0.15) is 19.8 Å². The number of hydrogen-bond acceptors (Lipinski definition) is 5. The molecular formula is C13H26N2O3. The van der Waals surface area contributed by atoms with Crippen LogP contribution in [0.15, 0.2) is 11.8 Å². The normalized spacial score (nSPS) is 20.0. The molecule has 1 atom stereocenters. The van der Waals surface area contributed by atoms with Crippen LogP contribution in [0.25, 0.3) is 0 Å². The minimum atomic E-state index is -0.210. The van der Waals surface area contributed by atoms with E-state index in [0.29, 0.717) is 18.9 Å². The highest BCUT2D eigenvalue weighted by atomic mass is 16.5. The molecule has 0 amide bonds. The first kappa shape index (κ1) is 15.4. The van der Waals surface area contributed by atoms with Crippen LogP contribution in [0, 0.1) is 0 Å². The van der Waals surface area contributed by atoms with Crippen molar-refractivity contribution in [2.24, 2.45) is 5.73 Å². The molecule has 0 bridgehead atoms. The smallest absolute Gasteiger partial charge is 0.117 e. The second kappa shape index (κ2) is 9.33. The van der Waals surface area contributed by atoms with Crippen LogP contribution >= 0.6 is 0 Å². The van der Waals surface area contributed by atoms with Crippen LogP contribution in [0.5, 0.6) is 0 Å². The summed E-state index contributed by atoms with van der Waals surface area (Å²) in [4.78, 5) is 2.34. The third-order valence-electron chi connectivity index (χ3n) is 3.04. The van der Waals surface area contributed by atoms with Crippen molar-refractivity contribution in [2.45, 2.75) is 25.9 Å². The fourth-order valence-electron chi connectivity index (χ4n) is 1.97. The van der Waals surface area contributed by atoms with Crippen molar-refractivity contribution in [2.75, 3.05) is 46.0 Å². The van der Waals surface area contributed by atoms with Crippen LogP contribution in [0.3, 0.4) is 0 Å². The summed E-state index contributed by atoms with van der Waals surface area (Å²) in [6.45, 7) is 7.51. The first-order chi connectivity index (χ1) is 8.77. The van der Waals surface area contributed by atoms with Crippen LogP contribution in [0.4, 0.5) is 0 Å². The molecular weight excluding hydrogens is 232 g/mol. The molecule has 1 saturated heterocycles. The predicted molar refractivity (Wildman–Crippen MR) is 71.7 cm³/mol. The second-order valence-electron chi connectivity index (χ2n) is 4.43. The van der Waals surface area contributed by atoms with Gasteiger partial charge in [-0.05, 0) is 18.9 Å². The molecule has 0 saturated carbocycles. The van der Waals surface area contributed by atoms with Crippen molar-refractivity contribution in [1.82, 2.24) is 4.90 Å². The number of aliphatic hydroxyl groups is 1. The van der Waals surface area contributed by atoms with Crippen molar-refractivity contribution in [1.29, 1.82) is 0 Å². The Balaban J connectivity index is 2.25. The number of morpholine rings is 1. The summed E-state index contributed by atoms with van der Waals surface area (Å²) in [5.74, 6) is 0.333.